The lowest BCUT2D eigenvalue weighted by molar-refractivity contribution is -0.117. The summed E-state index contributed by atoms with van der Waals surface area (Å²) < 4.78 is 0. The van der Waals surface area contributed by atoms with Crippen molar-refractivity contribution in [2.75, 3.05) is 11.9 Å². The Hall–Kier alpha value is -2.96. The van der Waals surface area contributed by atoms with E-state index in [1.807, 2.05) is 32.9 Å². The van der Waals surface area contributed by atoms with Crippen molar-refractivity contribution >= 4 is 33.3 Å². The number of fused-ring (bicyclic) bond motifs is 1. The van der Waals surface area contributed by atoms with Crippen molar-refractivity contribution in [2.45, 2.75) is 32.7 Å². The lowest BCUT2D eigenvalue weighted by atomic mass is 9.90. The van der Waals surface area contributed by atoms with Gasteiger partial charge in [0.1, 0.15) is 0 Å². The van der Waals surface area contributed by atoms with E-state index in [1.54, 1.807) is 0 Å². The van der Waals surface area contributed by atoms with Crippen LogP contribution in [0.5, 0.6) is 0 Å². The Balaban J connectivity index is 1.51. The maximum atomic E-state index is 12.7. The molecule has 1 amide bonds. The Bertz CT molecular complexity index is 1130. The number of aromatic amines is 1. The van der Waals surface area contributed by atoms with Gasteiger partial charge >= 0.3 is 0 Å². The summed E-state index contributed by atoms with van der Waals surface area (Å²) in [7, 11) is 0. The molecule has 4 aromatic rings. The normalized spacial score (nSPS) is 13.3. The van der Waals surface area contributed by atoms with E-state index in [-0.39, 0.29) is 17.9 Å². The monoisotopic (exact) mass is 418 g/mol. The van der Waals surface area contributed by atoms with Crippen molar-refractivity contribution in [2.24, 2.45) is 0 Å². The molecule has 30 heavy (non-hydrogen) atoms. The van der Waals surface area contributed by atoms with E-state index >= 15 is 0 Å². The van der Waals surface area contributed by atoms with Gasteiger partial charge in [0, 0.05) is 34.4 Å². The minimum atomic E-state index is -0.342. The third-order valence-electron chi connectivity index (χ3n) is 5.48. The third kappa shape index (κ3) is 4.30. The van der Waals surface area contributed by atoms with Gasteiger partial charge in [0.25, 0.3) is 0 Å². The molecule has 154 valence electrons. The summed E-state index contributed by atoms with van der Waals surface area (Å²) in [6.07, 6.45) is 2.08. The SMILES string of the molecule is Cc1nc(NC(=O)C(C)NCC(c2ccccc2)c2c[nH]c3ccccc23)sc1C. The molecule has 0 saturated heterocycles. The van der Waals surface area contributed by atoms with Crippen LogP contribution in [0, 0.1) is 13.8 Å². The molecule has 4 rings (SSSR count). The molecule has 2 aromatic carbocycles. The number of hydrogen-bond acceptors (Lipinski definition) is 4. The molecule has 2 atom stereocenters. The first-order chi connectivity index (χ1) is 14.5. The summed E-state index contributed by atoms with van der Waals surface area (Å²) in [6, 6.07) is 18.4. The van der Waals surface area contributed by atoms with Crippen LogP contribution in [0.3, 0.4) is 0 Å². The maximum absolute atomic E-state index is 12.7. The zero-order chi connectivity index (χ0) is 21.1. The van der Waals surface area contributed by atoms with E-state index < -0.39 is 0 Å². The van der Waals surface area contributed by atoms with Crippen LogP contribution in [0.15, 0.2) is 60.8 Å². The highest BCUT2D eigenvalue weighted by Crippen LogP contribution is 2.30. The van der Waals surface area contributed by atoms with E-state index in [0.29, 0.717) is 11.7 Å². The number of amides is 1. The molecule has 0 radical (unpaired) electrons. The van der Waals surface area contributed by atoms with Crippen molar-refractivity contribution in [3.63, 3.8) is 0 Å². The molecule has 3 N–H and O–H groups in total. The van der Waals surface area contributed by atoms with Crippen molar-refractivity contribution in [3.8, 4) is 0 Å². The Labute approximate surface area is 180 Å². The molecule has 0 saturated carbocycles. The standard InChI is InChI=1S/C24H26N4OS/c1-15-17(3)30-24(27-15)28-23(29)16(2)25-13-20(18-9-5-4-6-10-18)21-14-26-22-12-8-7-11-19(21)22/h4-12,14,16,20,25-26H,13H2,1-3H3,(H,27,28,29). The molecule has 2 aromatic heterocycles. The van der Waals surface area contributed by atoms with Crippen LogP contribution in [-0.4, -0.2) is 28.5 Å². The van der Waals surface area contributed by atoms with Gasteiger partial charge in [-0.25, -0.2) is 4.98 Å². The van der Waals surface area contributed by atoms with Crippen LogP contribution >= 0.6 is 11.3 Å². The second-order valence-corrected chi connectivity index (χ2v) is 8.74. The smallest absolute Gasteiger partial charge is 0.243 e. The van der Waals surface area contributed by atoms with Crippen molar-refractivity contribution in [1.82, 2.24) is 15.3 Å². The zero-order valence-electron chi connectivity index (χ0n) is 17.4. The molecule has 0 aliphatic heterocycles. The summed E-state index contributed by atoms with van der Waals surface area (Å²) in [4.78, 5) is 21.6. The topological polar surface area (TPSA) is 69.8 Å². The quantitative estimate of drug-likeness (QED) is 0.396. The predicted molar refractivity (Wildman–Crippen MR) is 124 cm³/mol. The average molecular weight is 419 g/mol. The Morgan fingerprint density at radius 2 is 1.83 bits per heavy atom. The highest BCUT2D eigenvalue weighted by molar-refractivity contribution is 7.15. The number of thiazole rings is 1. The van der Waals surface area contributed by atoms with Crippen LogP contribution in [-0.2, 0) is 4.79 Å². The molecule has 0 aliphatic rings. The number of para-hydroxylation sites is 1. The number of nitrogens with zero attached hydrogens (tertiary/aromatic N) is 1. The number of aromatic nitrogens is 2. The summed E-state index contributed by atoms with van der Waals surface area (Å²) >= 11 is 1.51. The molecule has 2 heterocycles. The largest absolute Gasteiger partial charge is 0.361 e. The van der Waals surface area contributed by atoms with Gasteiger partial charge in [0.2, 0.25) is 5.91 Å². The summed E-state index contributed by atoms with van der Waals surface area (Å²) in [6.45, 7) is 6.50. The highest BCUT2D eigenvalue weighted by Gasteiger charge is 2.21. The van der Waals surface area contributed by atoms with Gasteiger partial charge in [-0.05, 0) is 38.0 Å². The number of aryl methyl sites for hydroxylation is 2. The van der Waals surface area contributed by atoms with E-state index in [9.17, 15) is 4.79 Å². The van der Waals surface area contributed by atoms with Gasteiger partial charge in [-0.2, -0.15) is 0 Å². The molecule has 6 heteroatoms. The zero-order valence-corrected chi connectivity index (χ0v) is 18.2. The number of hydrogen-bond donors (Lipinski definition) is 3. The fourth-order valence-corrected chi connectivity index (χ4v) is 4.42. The number of nitrogens with one attached hydrogen (secondary N) is 3. The molecular weight excluding hydrogens is 392 g/mol. The molecule has 0 spiro atoms. The fourth-order valence-electron chi connectivity index (χ4n) is 3.60. The van der Waals surface area contributed by atoms with Crippen molar-refractivity contribution in [1.29, 1.82) is 0 Å². The van der Waals surface area contributed by atoms with E-state index in [4.69, 9.17) is 0 Å². The van der Waals surface area contributed by atoms with Crippen LogP contribution in [0.1, 0.15) is 34.5 Å². The first-order valence-corrected chi connectivity index (χ1v) is 10.9. The summed E-state index contributed by atoms with van der Waals surface area (Å²) in [5.41, 5.74) is 4.52. The minimum Gasteiger partial charge on any atom is -0.361 e. The van der Waals surface area contributed by atoms with Crippen LogP contribution in [0.25, 0.3) is 10.9 Å². The van der Waals surface area contributed by atoms with Crippen LogP contribution in [0.4, 0.5) is 5.13 Å². The van der Waals surface area contributed by atoms with Gasteiger partial charge in [-0.15, -0.1) is 11.3 Å². The number of rotatable bonds is 7. The van der Waals surface area contributed by atoms with Gasteiger partial charge in [-0.3, -0.25) is 4.79 Å². The number of carbonyl (C=O) groups excluding carboxylic acids is 1. The van der Waals surface area contributed by atoms with Gasteiger partial charge in [-0.1, -0.05) is 48.5 Å². The van der Waals surface area contributed by atoms with Crippen molar-refractivity contribution in [3.05, 3.63) is 82.5 Å². The van der Waals surface area contributed by atoms with Gasteiger partial charge in [0.05, 0.1) is 11.7 Å². The number of anilines is 1. The molecule has 0 aliphatic carbocycles. The van der Waals surface area contributed by atoms with E-state index in [1.165, 1.54) is 27.8 Å². The Morgan fingerprint density at radius 1 is 1.10 bits per heavy atom. The summed E-state index contributed by atoms with van der Waals surface area (Å²) in [5.74, 6) is 0.0523. The van der Waals surface area contributed by atoms with Gasteiger partial charge < -0.3 is 15.6 Å². The van der Waals surface area contributed by atoms with Crippen LogP contribution < -0.4 is 10.6 Å². The molecule has 0 fully saturated rings. The maximum Gasteiger partial charge on any atom is 0.243 e. The number of benzene rings is 2. The van der Waals surface area contributed by atoms with E-state index in [2.05, 4.69) is 69.3 Å². The number of H-pyrrole nitrogens is 1. The predicted octanol–water partition coefficient (Wildman–Crippen LogP) is 4.99. The van der Waals surface area contributed by atoms with E-state index in [0.717, 1.165) is 16.1 Å². The summed E-state index contributed by atoms with van der Waals surface area (Å²) in [5, 5.41) is 8.22. The molecule has 5 nitrogen and oxygen atoms in total. The van der Waals surface area contributed by atoms with Crippen molar-refractivity contribution < 1.29 is 4.79 Å². The lowest BCUT2D eigenvalue weighted by Crippen LogP contribution is -2.40. The molecule has 2 unspecified atom stereocenters. The van der Waals surface area contributed by atoms with Crippen LogP contribution in [0.2, 0.25) is 0 Å². The molecular formula is C24H26N4OS. The Morgan fingerprint density at radius 3 is 2.57 bits per heavy atom. The minimum absolute atomic E-state index is 0.0745. The number of carbonyl (C=O) groups is 1. The van der Waals surface area contributed by atoms with Gasteiger partial charge in [0.15, 0.2) is 5.13 Å². The first-order valence-electron chi connectivity index (χ1n) is 10.1. The lowest BCUT2D eigenvalue weighted by Gasteiger charge is -2.21. The Kier molecular flexibility index (Phi) is 5.97. The highest BCUT2D eigenvalue weighted by atomic mass is 32.1. The average Bonchev–Trinajstić information content (AvgIpc) is 3.32. The second-order valence-electron chi connectivity index (χ2n) is 7.53. The first kappa shape index (κ1) is 20.3. The third-order valence-corrected chi connectivity index (χ3v) is 6.47. The second kappa shape index (κ2) is 8.81. The fraction of sp³-hybridized carbons (Fsp3) is 0.250. The molecule has 0 bridgehead atoms.